The monoisotopic (exact) mass is 231 g/mol. The standard InChI is InChI=1S/C9H14ClN3S/c10-9-13-6-8(14-9)5-12-7-2-1-3-11-4-7/h6-7,11-12H,1-5H2/t7-/m1/s1. The lowest BCUT2D eigenvalue weighted by Gasteiger charge is -2.23. The highest BCUT2D eigenvalue weighted by Gasteiger charge is 2.12. The van der Waals surface area contributed by atoms with Crippen molar-refractivity contribution < 1.29 is 0 Å². The van der Waals surface area contributed by atoms with E-state index in [-0.39, 0.29) is 0 Å². The van der Waals surface area contributed by atoms with Gasteiger partial charge in [-0.05, 0) is 19.4 Å². The van der Waals surface area contributed by atoms with Gasteiger partial charge in [-0.2, -0.15) is 0 Å². The number of aromatic nitrogens is 1. The number of hydrogen-bond acceptors (Lipinski definition) is 4. The quantitative estimate of drug-likeness (QED) is 0.831. The van der Waals surface area contributed by atoms with Crippen LogP contribution < -0.4 is 10.6 Å². The lowest BCUT2D eigenvalue weighted by atomic mass is 10.1. The van der Waals surface area contributed by atoms with Crippen molar-refractivity contribution in [2.24, 2.45) is 0 Å². The van der Waals surface area contributed by atoms with Crippen molar-refractivity contribution in [1.82, 2.24) is 15.6 Å². The molecule has 0 radical (unpaired) electrons. The first kappa shape index (κ1) is 10.4. The minimum absolute atomic E-state index is 0.602. The van der Waals surface area contributed by atoms with Crippen LogP contribution in [0.1, 0.15) is 17.7 Å². The molecule has 78 valence electrons. The SMILES string of the molecule is Clc1ncc(CN[C@@H]2CCCNC2)s1. The van der Waals surface area contributed by atoms with Crippen LogP contribution in [0.25, 0.3) is 0 Å². The summed E-state index contributed by atoms with van der Waals surface area (Å²) in [5.41, 5.74) is 0. The smallest absolute Gasteiger partial charge is 0.183 e. The lowest BCUT2D eigenvalue weighted by Crippen LogP contribution is -2.42. The molecule has 0 amide bonds. The van der Waals surface area contributed by atoms with Gasteiger partial charge in [0.1, 0.15) is 0 Å². The Morgan fingerprint density at radius 2 is 2.64 bits per heavy atom. The second kappa shape index (κ2) is 5.07. The van der Waals surface area contributed by atoms with E-state index in [9.17, 15) is 0 Å². The molecule has 1 aromatic rings. The van der Waals surface area contributed by atoms with Gasteiger partial charge >= 0.3 is 0 Å². The molecule has 3 nitrogen and oxygen atoms in total. The third-order valence-electron chi connectivity index (χ3n) is 2.39. The maximum absolute atomic E-state index is 5.75. The molecule has 0 spiro atoms. The van der Waals surface area contributed by atoms with Gasteiger partial charge in [0.2, 0.25) is 0 Å². The number of rotatable bonds is 3. The highest BCUT2D eigenvalue weighted by molar-refractivity contribution is 7.15. The van der Waals surface area contributed by atoms with Gasteiger partial charge in [-0.25, -0.2) is 4.98 Å². The van der Waals surface area contributed by atoms with Crippen LogP contribution in [0.15, 0.2) is 6.20 Å². The largest absolute Gasteiger partial charge is 0.315 e. The second-order valence-electron chi connectivity index (χ2n) is 3.50. The summed E-state index contributed by atoms with van der Waals surface area (Å²) in [6, 6.07) is 0.602. The van der Waals surface area contributed by atoms with E-state index in [0.717, 1.165) is 19.6 Å². The summed E-state index contributed by atoms with van der Waals surface area (Å²) in [5.74, 6) is 0. The molecule has 1 aromatic heterocycles. The number of nitrogens with zero attached hydrogens (tertiary/aromatic N) is 1. The summed E-state index contributed by atoms with van der Waals surface area (Å²) < 4.78 is 0.628. The second-order valence-corrected chi connectivity index (χ2v) is 5.20. The Hall–Kier alpha value is -0.160. The lowest BCUT2D eigenvalue weighted by molar-refractivity contribution is 0.390. The molecule has 14 heavy (non-hydrogen) atoms. The van der Waals surface area contributed by atoms with Crippen LogP contribution in [-0.4, -0.2) is 24.1 Å². The molecule has 0 bridgehead atoms. The van der Waals surface area contributed by atoms with Crippen molar-refractivity contribution in [3.8, 4) is 0 Å². The summed E-state index contributed by atoms with van der Waals surface area (Å²) in [4.78, 5) is 5.22. The fourth-order valence-corrected chi connectivity index (χ4v) is 2.57. The Morgan fingerprint density at radius 3 is 3.29 bits per heavy atom. The van der Waals surface area contributed by atoms with Crippen LogP contribution in [0, 0.1) is 0 Å². The van der Waals surface area contributed by atoms with Crippen LogP contribution in [-0.2, 0) is 6.54 Å². The van der Waals surface area contributed by atoms with Crippen molar-refractivity contribution in [3.05, 3.63) is 15.5 Å². The Kier molecular flexibility index (Phi) is 3.75. The van der Waals surface area contributed by atoms with Crippen LogP contribution in [0.4, 0.5) is 0 Å². The molecule has 0 aliphatic carbocycles. The molecule has 5 heteroatoms. The molecular weight excluding hydrogens is 218 g/mol. The molecule has 1 saturated heterocycles. The highest BCUT2D eigenvalue weighted by Crippen LogP contribution is 2.17. The average molecular weight is 232 g/mol. The topological polar surface area (TPSA) is 37.0 Å². The van der Waals surface area contributed by atoms with Crippen LogP contribution in [0.3, 0.4) is 0 Å². The number of halogens is 1. The zero-order valence-electron chi connectivity index (χ0n) is 7.92. The first-order valence-electron chi connectivity index (χ1n) is 4.89. The summed E-state index contributed by atoms with van der Waals surface area (Å²) in [7, 11) is 0. The summed E-state index contributed by atoms with van der Waals surface area (Å²) in [5, 5.41) is 6.88. The fraction of sp³-hybridized carbons (Fsp3) is 0.667. The molecule has 1 aliphatic rings. The molecule has 1 fully saturated rings. The summed E-state index contributed by atoms with van der Waals surface area (Å²) >= 11 is 7.30. The number of piperidine rings is 1. The van der Waals surface area contributed by atoms with E-state index >= 15 is 0 Å². The van der Waals surface area contributed by atoms with Crippen molar-refractivity contribution in [1.29, 1.82) is 0 Å². The van der Waals surface area contributed by atoms with Gasteiger partial charge in [0.05, 0.1) is 0 Å². The zero-order chi connectivity index (χ0) is 9.80. The number of nitrogens with one attached hydrogen (secondary N) is 2. The molecule has 0 saturated carbocycles. The Balaban J connectivity index is 1.76. The number of thiazole rings is 1. The maximum atomic E-state index is 5.75. The van der Waals surface area contributed by atoms with Crippen molar-refractivity contribution in [3.63, 3.8) is 0 Å². The first-order valence-corrected chi connectivity index (χ1v) is 6.08. The van der Waals surface area contributed by atoms with Gasteiger partial charge in [0, 0.05) is 30.2 Å². The van der Waals surface area contributed by atoms with E-state index in [0.29, 0.717) is 10.5 Å². The summed E-state index contributed by atoms with van der Waals surface area (Å²) in [6.07, 6.45) is 4.37. The molecule has 1 aliphatic heterocycles. The molecule has 1 atom stereocenters. The van der Waals surface area contributed by atoms with Gasteiger partial charge < -0.3 is 10.6 Å². The van der Waals surface area contributed by atoms with E-state index in [1.54, 1.807) is 11.3 Å². The average Bonchev–Trinajstić information content (AvgIpc) is 2.63. The highest BCUT2D eigenvalue weighted by atomic mass is 35.5. The van der Waals surface area contributed by atoms with Gasteiger partial charge in [0.25, 0.3) is 0 Å². The van der Waals surface area contributed by atoms with E-state index in [2.05, 4.69) is 15.6 Å². The molecule has 2 rings (SSSR count). The van der Waals surface area contributed by atoms with Gasteiger partial charge in [-0.3, -0.25) is 0 Å². The molecule has 2 heterocycles. The van der Waals surface area contributed by atoms with Crippen molar-refractivity contribution in [2.75, 3.05) is 13.1 Å². The molecule has 0 aromatic carbocycles. The zero-order valence-corrected chi connectivity index (χ0v) is 9.50. The minimum atomic E-state index is 0.602. The van der Waals surface area contributed by atoms with E-state index in [1.165, 1.54) is 17.7 Å². The minimum Gasteiger partial charge on any atom is -0.315 e. The number of hydrogen-bond donors (Lipinski definition) is 2. The van der Waals surface area contributed by atoms with E-state index in [4.69, 9.17) is 11.6 Å². The first-order chi connectivity index (χ1) is 6.84. The van der Waals surface area contributed by atoms with Crippen LogP contribution in [0.5, 0.6) is 0 Å². The molecule has 0 unspecified atom stereocenters. The van der Waals surface area contributed by atoms with Gasteiger partial charge in [-0.15, -0.1) is 11.3 Å². The maximum Gasteiger partial charge on any atom is 0.183 e. The Morgan fingerprint density at radius 1 is 1.71 bits per heavy atom. The normalized spacial score (nSPS) is 22.5. The predicted octanol–water partition coefficient (Wildman–Crippen LogP) is 1.64. The van der Waals surface area contributed by atoms with E-state index < -0.39 is 0 Å². The summed E-state index contributed by atoms with van der Waals surface area (Å²) in [6.45, 7) is 3.12. The fourth-order valence-electron chi connectivity index (χ4n) is 1.64. The van der Waals surface area contributed by atoms with Crippen LogP contribution in [0.2, 0.25) is 4.47 Å². The molecule has 2 N–H and O–H groups in total. The van der Waals surface area contributed by atoms with Gasteiger partial charge in [0.15, 0.2) is 4.47 Å². The van der Waals surface area contributed by atoms with Gasteiger partial charge in [-0.1, -0.05) is 11.6 Å². The van der Waals surface area contributed by atoms with E-state index in [1.807, 2.05) is 6.20 Å². The van der Waals surface area contributed by atoms with Crippen molar-refractivity contribution in [2.45, 2.75) is 25.4 Å². The third-order valence-corrected chi connectivity index (χ3v) is 3.50. The van der Waals surface area contributed by atoms with Crippen molar-refractivity contribution >= 4 is 22.9 Å². The Bertz CT molecular complexity index is 283. The third kappa shape index (κ3) is 2.92. The predicted molar refractivity (Wildman–Crippen MR) is 59.9 cm³/mol. The van der Waals surface area contributed by atoms with Crippen LogP contribution >= 0.6 is 22.9 Å². The Labute approximate surface area is 92.9 Å². The molecular formula is C9H14ClN3S.